The average molecular weight is 434 g/mol. The fraction of sp³-hybridized carbons (Fsp3) is 0.227. The number of hydrogen-bond acceptors (Lipinski definition) is 3. The van der Waals surface area contributed by atoms with Crippen LogP contribution in [0.5, 0.6) is 0 Å². The van der Waals surface area contributed by atoms with Crippen molar-refractivity contribution in [2.45, 2.75) is 25.4 Å². The highest BCUT2D eigenvalue weighted by atomic mass is 32.2. The first-order valence-electron chi connectivity index (χ1n) is 9.45. The second-order valence-electron chi connectivity index (χ2n) is 7.05. The maximum atomic E-state index is 13.3. The summed E-state index contributed by atoms with van der Waals surface area (Å²) in [4.78, 5) is 15.0. The summed E-state index contributed by atoms with van der Waals surface area (Å²) in [5, 5.41) is 5.31. The third kappa shape index (κ3) is 4.23. The largest absolute Gasteiger partial charge is 0.416 e. The van der Waals surface area contributed by atoms with Crippen molar-refractivity contribution in [3.8, 4) is 0 Å². The van der Waals surface area contributed by atoms with E-state index in [1.165, 1.54) is 36.0 Å². The van der Waals surface area contributed by atoms with Crippen LogP contribution < -0.4 is 5.32 Å². The lowest BCUT2D eigenvalue weighted by Crippen LogP contribution is -2.22. The highest BCUT2D eigenvalue weighted by molar-refractivity contribution is 8.06. The number of carbonyl (C=O) groups is 1. The molecule has 2 heterocycles. The Balaban J connectivity index is 1.60. The maximum Gasteiger partial charge on any atom is 0.416 e. The van der Waals surface area contributed by atoms with Crippen LogP contribution in [0.25, 0.3) is 5.70 Å². The van der Waals surface area contributed by atoms with E-state index in [0.29, 0.717) is 18.5 Å². The van der Waals surface area contributed by atoms with Gasteiger partial charge in [-0.1, -0.05) is 17.8 Å². The summed E-state index contributed by atoms with van der Waals surface area (Å²) in [6.45, 7) is 0.714. The molecule has 0 saturated heterocycles. The van der Waals surface area contributed by atoms with Gasteiger partial charge in [-0.2, -0.15) is 13.2 Å². The second-order valence-corrected chi connectivity index (χ2v) is 7.91. The number of nitrogens with one attached hydrogen (secondary N) is 1. The van der Waals surface area contributed by atoms with Crippen molar-refractivity contribution in [2.75, 3.05) is 11.9 Å². The van der Waals surface area contributed by atoms with Gasteiger partial charge in [0.1, 0.15) is 5.82 Å². The van der Waals surface area contributed by atoms with E-state index in [-0.39, 0.29) is 11.5 Å². The molecule has 30 heavy (non-hydrogen) atoms. The van der Waals surface area contributed by atoms with Gasteiger partial charge < -0.3 is 10.2 Å². The van der Waals surface area contributed by atoms with Gasteiger partial charge in [0.25, 0.3) is 5.91 Å². The van der Waals surface area contributed by atoms with Gasteiger partial charge in [-0.25, -0.2) is 4.39 Å². The minimum atomic E-state index is -4.48. The minimum Gasteiger partial charge on any atom is -0.335 e. The van der Waals surface area contributed by atoms with Crippen molar-refractivity contribution >= 4 is 29.1 Å². The number of anilines is 1. The molecule has 0 fully saturated rings. The molecule has 1 amide bonds. The predicted molar refractivity (Wildman–Crippen MR) is 110 cm³/mol. The summed E-state index contributed by atoms with van der Waals surface area (Å²) >= 11 is 1.41. The lowest BCUT2D eigenvalue weighted by atomic mass is 10.1. The molecule has 0 unspecified atom stereocenters. The lowest BCUT2D eigenvalue weighted by Gasteiger charge is -2.23. The number of alkyl halides is 3. The molecule has 0 aliphatic carbocycles. The highest BCUT2D eigenvalue weighted by Crippen LogP contribution is 2.44. The topological polar surface area (TPSA) is 32.3 Å². The van der Waals surface area contributed by atoms with Crippen molar-refractivity contribution in [1.82, 2.24) is 4.90 Å². The molecule has 0 bridgehead atoms. The molecule has 2 aliphatic rings. The molecular formula is C22H18F4N2OS. The van der Waals surface area contributed by atoms with E-state index in [1.807, 2.05) is 10.3 Å². The summed E-state index contributed by atoms with van der Waals surface area (Å²) in [6, 6.07) is 10.8. The molecule has 0 saturated carbocycles. The van der Waals surface area contributed by atoms with Gasteiger partial charge in [0.2, 0.25) is 0 Å². The van der Waals surface area contributed by atoms with Crippen molar-refractivity contribution in [1.29, 1.82) is 0 Å². The van der Waals surface area contributed by atoms with Gasteiger partial charge in [-0.05, 0) is 67.3 Å². The molecule has 8 heteroatoms. The fourth-order valence-electron chi connectivity index (χ4n) is 3.52. The van der Waals surface area contributed by atoms with Crippen molar-refractivity contribution < 1.29 is 22.4 Å². The normalized spacial score (nSPS) is 16.8. The number of carbonyl (C=O) groups excluding carboxylic acids is 1. The van der Waals surface area contributed by atoms with Crippen LogP contribution in [0.4, 0.5) is 23.2 Å². The third-order valence-corrected chi connectivity index (χ3v) is 6.03. The quantitative estimate of drug-likeness (QED) is 0.582. The van der Waals surface area contributed by atoms with Gasteiger partial charge in [-0.3, -0.25) is 4.79 Å². The van der Waals surface area contributed by atoms with E-state index >= 15 is 0 Å². The van der Waals surface area contributed by atoms with Gasteiger partial charge >= 0.3 is 6.18 Å². The summed E-state index contributed by atoms with van der Waals surface area (Å²) in [5.41, 5.74) is 1.58. The Morgan fingerprint density at radius 1 is 1.07 bits per heavy atom. The Kier molecular flexibility index (Phi) is 5.60. The van der Waals surface area contributed by atoms with Crippen LogP contribution in [0, 0.1) is 5.82 Å². The molecule has 2 aliphatic heterocycles. The smallest absolute Gasteiger partial charge is 0.335 e. The standard InChI is InChI=1S/C22H18F4N2OS/c23-16-9-7-14(8-10-16)19-13-30-21-18(6-1-2-11-28(19)21)20(29)27-17-5-3-4-15(12-17)22(24,25)26/h3-5,7-10,12-13H,1-2,6,11H2,(H,27,29). The van der Waals surface area contributed by atoms with Crippen LogP contribution in [0.3, 0.4) is 0 Å². The first kappa shape index (κ1) is 20.5. The minimum absolute atomic E-state index is 0.105. The van der Waals surface area contributed by atoms with Gasteiger partial charge in [0.15, 0.2) is 0 Å². The molecule has 1 N–H and O–H groups in total. The number of rotatable bonds is 3. The third-order valence-electron chi connectivity index (χ3n) is 5.00. The van der Waals surface area contributed by atoms with E-state index in [0.717, 1.165) is 41.3 Å². The molecule has 2 aromatic rings. The zero-order valence-electron chi connectivity index (χ0n) is 15.8. The first-order valence-corrected chi connectivity index (χ1v) is 10.3. The Bertz CT molecular complexity index is 1030. The molecule has 2 aromatic carbocycles. The molecule has 0 radical (unpaired) electrons. The van der Waals surface area contributed by atoms with Crippen LogP contribution in [-0.4, -0.2) is 17.4 Å². The Hall–Kier alpha value is -2.74. The van der Waals surface area contributed by atoms with E-state index in [1.54, 1.807) is 12.1 Å². The van der Waals surface area contributed by atoms with Crippen molar-refractivity contribution in [3.05, 3.63) is 81.5 Å². The van der Waals surface area contributed by atoms with Gasteiger partial charge in [0, 0.05) is 23.2 Å². The van der Waals surface area contributed by atoms with Gasteiger partial charge in [0.05, 0.1) is 16.3 Å². The van der Waals surface area contributed by atoms with Crippen LogP contribution in [-0.2, 0) is 11.0 Å². The molecular weight excluding hydrogens is 416 g/mol. The maximum absolute atomic E-state index is 13.3. The summed E-state index contributed by atoms with van der Waals surface area (Å²) in [6.07, 6.45) is -2.28. The number of benzene rings is 2. The summed E-state index contributed by atoms with van der Waals surface area (Å²) in [7, 11) is 0. The number of nitrogens with zero attached hydrogens (tertiary/aromatic N) is 1. The van der Waals surface area contributed by atoms with E-state index in [4.69, 9.17) is 0 Å². The van der Waals surface area contributed by atoms with Crippen LogP contribution in [0.15, 0.2) is 64.5 Å². The number of halogens is 4. The molecule has 3 nitrogen and oxygen atoms in total. The number of fused-ring (bicyclic) bond motifs is 1. The Labute approximate surface area is 175 Å². The van der Waals surface area contributed by atoms with Crippen LogP contribution >= 0.6 is 11.8 Å². The number of hydrogen-bond donors (Lipinski definition) is 1. The Morgan fingerprint density at radius 3 is 2.57 bits per heavy atom. The van der Waals surface area contributed by atoms with E-state index in [9.17, 15) is 22.4 Å². The molecule has 0 atom stereocenters. The zero-order chi connectivity index (χ0) is 21.3. The second kappa shape index (κ2) is 8.18. The number of amides is 1. The monoisotopic (exact) mass is 434 g/mol. The highest BCUT2D eigenvalue weighted by Gasteiger charge is 2.32. The van der Waals surface area contributed by atoms with E-state index in [2.05, 4.69) is 5.32 Å². The SMILES string of the molecule is O=C(Nc1cccc(C(F)(F)F)c1)C1=C2SC=C(c3ccc(F)cc3)N2CCCC1. The number of thioether (sulfide) groups is 1. The molecule has 0 aromatic heterocycles. The van der Waals surface area contributed by atoms with Crippen molar-refractivity contribution in [3.63, 3.8) is 0 Å². The fourth-order valence-corrected chi connectivity index (χ4v) is 4.66. The first-order chi connectivity index (χ1) is 14.3. The van der Waals surface area contributed by atoms with Crippen LogP contribution in [0.2, 0.25) is 0 Å². The average Bonchev–Trinajstić information content (AvgIpc) is 3.00. The summed E-state index contributed by atoms with van der Waals surface area (Å²) < 4.78 is 52.1. The lowest BCUT2D eigenvalue weighted by molar-refractivity contribution is -0.137. The summed E-state index contributed by atoms with van der Waals surface area (Å²) in [5.74, 6) is -0.727. The van der Waals surface area contributed by atoms with E-state index < -0.39 is 17.6 Å². The van der Waals surface area contributed by atoms with Crippen molar-refractivity contribution in [2.24, 2.45) is 0 Å². The molecule has 0 spiro atoms. The predicted octanol–water partition coefficient (Wildman–Crippen LogP) is 6.23. The zero-order valence-corrected chi connectivity index (χ0v) is 16.6. The molecule has 156 valence electrons. The molecule has 4 rings (SSSR count). The Morgan fingerprint density at radius 2 is 1.83 bits per heavy atom. The van der Waals surface area contributed by atoms with Crippen LogP contribution in [0.1, 0.15) is 30.4 Å². The van der Waals surface area contributed by atoms with Gasteiger partial charge in [-0.15, -0.1) is 0 Å².